The summed E-state index contributed by atoms with van der Waals surface area (Å²) in [6, 6.07) is 15.0. The molecule has 2 aromatic rings. The minimum Gasteiger partial charge on any atom is -0.485 e. The van der Waals surface area contributed by atoms with E-state index in [9.17, 15) is 4.79 Å². The van der Waals surface area contributed by atoms with Crippen LogP contribution in [0.1, 0.15) is 11.1 Å². The predicted molar refractivity (Wildman–Crippen MR) is 89.2 cm³/mol. The highest BCUT2D eigenvalue weighted by molar-refractivity contribution is 9.10. The number of para-hydroxylation sites is 1. The molecule has 0 amide bonds. The zero-order chi connectivity index (χ0) is 15.5. The Morgan fingerprint density at radius 1 is 1.14 bits per heavy atom. The van der Waals surface area contributed by atoms with Crippen molar-refractivity contribution in [3.05, 3.63) is 76.5 Å². The summed E-state index contributed by atoms with van der Waals surface area (Å²) in [6.07, 6.45) is 0.800. The highest BCUT2D eigenvalue weighted by atomic mass is 79.9. The van der Waals surface area contributed by atoms with E-state index >= 15 is 0 Å². The lowest BCUT2D eigenvalue weighted by atomic mass is 10.0. The monoisotopic (exact) mass is 356 g/mol. The molecular weight excluding hydrogens is 344 g/mol. The molecule has 0 unspecified atom stereocenters. The molecule has 0 saturated carbocycles. The summed E-state index contributed by atoms with van der Waals surface area (Å²) in [5, 5.41) is 0. The normalized spacial score (nSPS) is 16.0. The molecule has 0 spiro atoms. The van der Waals surface area contributed by atoms with Crippen molar-refractivity contribution in [3.8, 4) is 5.75 Å². The smallest absolute Gasteiger partial charge is 0.154 e. The van der Waals surface area contributed by atoms with Gasteiger partial charge in [0.1, 0.15) is 23.9 Å². The minimum absolute atomic E-state index is 0.257. The summed E-state index contributed by atoms with van der Waals surface area (Å²) in [5.74, 6) is 1.60. The average molecular weight is 357 g/mol. The number of rotatable bonds is 2. The highest BCUT2D eigenvalue weighted by Crippen LogP contribution is 2.36. The first-order valence-electron chi connectivity index (χ1n) is 6.72. The van der Waals surface area contributed by atoms with E-state index in [4.69, 9.17) is 9.47 Å². The van der Waals surface area contributed by atoms with Gasteiger partial charge in [-0.25, -0.2) is 0 Å². The number of halogens is 1. The van der Waals surface area contributed by atoms with Gasteiger partial charge >= 0.3 is 0 Å². The van der Waals surface area contributed by atoms with Crippen LogP contribution in [0.5, 0.6) is 5.75 Å². The van der Waals surface area contributed by atoms with Crippen LogP contribution in [0.3, 0.4) is 0 Å². The standard InChI is InChI=1S/C18H13BrO3/c1-12-11-21-17-5-3-2-4-15(17)18(22-12)16(10-20)13-6-8-14(19)9-7-13/h2-10H,1,11H2/b18-16-. The molecule has 0 saturated heterocycles. The van der Waals surface area contributed by atoms with Crippen molar-refractivity contribution in [2.45, 2.75) is 0 Å². The highest BCUT2D eigenvalue weighted by Gasteiger charge is 2.21. The van der Waals surface area contributed by atoms with Crippen molar-refractivity contribution >= 4 is 33.5 Å². The van der Waals surface area contributed by atoms with E-state index in [-0.39, 0.29) is 6.61 Å². The van der Waals surface area contributed by atoms with E-state index in [0.717, 1.165) is 21.9 Å². The molecule has 0 N–H and O–H groups in total. The molecule has 0 radical (unpaired) electrons. The maximum Gasteiger partial charge on any atom is 0.154 e. The molecule has 3 rings (SSSR count). The van der Waals surface area contributed by atoms with Gasteiger partial charge in [-0.3, -0.25) is 4.79 Å². The zero-order valence-corrected chi connectivity index (χ0v) is 13.3. The fraction of sp³-hybridized carbons (Fsp3) is 0.0556. The van der Waals surface area contributed by atoms with Crippen molar-refractivity contribution in [1.29, 1.82) is 0 Å². The van der Waals surface area contributed by atoms with Gasteiger partial charge in [-0.1, -0.05) is 46.8 Å². The van der Waals surface area contributed by atoms with Crippen molar-refractivity contribution < 1.29 is 14.3 Å². The molecule has 0 aliphatic carbocycles. The van der Waals surface area contributed by atoms with Crippen molar-refractivity contribution in [2.75, 3.05) is 6.61 Å². The molecule has 0 aromatic heterocycles. The molecule has 3 nitrogen and oxygen atoms in total. The van der Waals surface area contributed by atoms with Crippen LogP contribution >= 0.6 is 15.9 Å². The number of hydrogen-bond donors (Lipinski definition) is 0. The molecule has 1 aliphatic heterocycles. The Morgan fingerprint density at radius 2 is 1.86 bits per heavy atom. The fourth-order valence-corrected chi connectivity index (χ4v) is 2.51. The number of ether oxygens (including phenoxy) is 2. The van der Waals surface area contributed by atoms with Gasteiger partial charge in [-0.05, 0) is 29.8 Å². The zero-order valence-electron chi connectivity index (χ0n) is 11.7. The molecule has 110 valence electrons. The van der Waals surface area contributed by atoms with E-state index in [0.29, 0.717) is 22.8 Å². The number of allylic oxidation sites excluding steroid dienone is 1. The maximum absolute atomic E-state index is 11.7. The number of fused-ring (bicyclic) bond motifs is 1. The van der Waals surface area contributed by atoms with Crippen LogP contribution in [0.25, 0.3) is 11.3 Å². The molecule has 2 aromatic carbocycles. The first-order valence-corrected chi connectivity index (χ1v) is 7.51. The Morgan fingerprint density at radius 3 is 2.59 bits per heavy atom. The van der Waals surface area contributed by atoms with Gasteiger partial charge < -0.3 is 9.47 Å². The second kappa shape index (κ2) is 6.20. The second-order valence-corrected chi connectivity index (χ2v) is 5.71. The fourth-order valence-electron chi connectivity index (χ4n) is 2.25. The van der Waals surface area contributed by atoms with Crippen molar-refractivity contribution in [2.24, 2.45) is 0 Å². The van der Waals surface area contributed by atoms with Gasteiger partial charge in [-0.2, -0.15) is 0 Å². The third kappa shape index (κ3) is 2.83. The number of hydrogen-bond acceptors (Lipinski definition) is 3. The lowest BCUT2D eigenvalue weighted by Crippen LogP contribution is -1.99. The molecule has 4 heteroatoms. The Balaban J connectivity index is 2.22. The number of carbonyl (C=O) groups excluding carboxylic acids is 1. The van der Waals surface area contributed by atoms with Crippen LogP contribution in [0, 0.1) is 0 Å². The van der Waals surface area contributed by atoms with E-state index in [1.165, 1.54) is 0 Å². The molecule has 0 fully saturated rings. The third-order valence-corrected chi connectivity index (χ3v) is 3.81. The molecule has 1 heterocycles. The van der Waals surface area contributed by atoms with Crippen molar-refractivity contribution in [1.82, 2.24) is 0 Å². The summed E-state index contributed by atoms with van der Waals surface area (Å²) in [4.78, 5) is 11.7. The van der Waals surface area contributed by atoms with Crippen LogP contribution in [0.4, 0.5) is 0 Å². The summed E-state index contributed by atoms with van der Waals surface area (Å²) >= 11 is 3.39. The van der Waals surface area contributed by atoms with Crippen molar-refractivity contribution in [3.63, 3.8) is 0 Å². The molecular formula is C18H13BrO3. The second-order valence-electron chi connectivity index (χ2n) is 4.79. The lowest BCUT2D eigenvalue weighted by molar-refractivity contribution is -0.103. The largest absolute Gasteiger partial charge is 0.485 e. The quantitative estimate of drug-likeness (QED) is 0.589. The predicted octanol–water partition coefficient (Wildman–Crippen LogP) is 4.44. The van der Waals surface area contributed by atoms with Crippen LogP contribution in [0.2, 0.25) is 0 Å². The SMILES string of the molecule is C=C1COc2ccccc2/C(=C(\C=O)c2ccc(Br)cc2)O1. The van der Waals surface area contributed by atoms with E-state index in [2.05, 4.69) is 22.5 Å². The number of aldehydes is 1. The topological polar surface area (TPSA) is 35.5 Å². The summed E-state index contributed by atoms with van der Waals surface area (Å²) in [7, 11) is 0. The van der Waals surface area contributed by atoms with Gasteiger partial charge in [-0.15, -0.1) is 0 Å². The Bertz CT molecular complexity index is 760. The van der Waals surface area contributed by atoms with E-state index < -0.39 is 0 Å². The molecule has 22 heavy (non-hydrogen) atoms. The van der Waals surface area contributed by atoms with Gasteiger partial charge in [0.2, 0.25) is 0 Å². The number of carbonyl (C=O) groups is 1. The third-order valence-electron chi connectivity index (χ3n) is 3.28. The van der Waals surface area contributed by atoms with E-state index in [1.54, 1.807) is 0 Å². The van der Waals surface area contributed by atoms with Crippen LogP contribution in [-0.2, 0) is 9.53 Å². The first kappa shape index (κ1) is 14.6. The van der Waals surface area contributed by atoms with Gasteiger partial charge in [0, 0.05) is 4.47 Å². The summed E-state index contributed by atoms with van der Waals surface area (Å²) in [6.45, 7) is 4.08. The average Bonchev–Trinajstić information content (AvgIpc) is 2.70. The Kier molecular flexibility index (Phi) is 4.11. The first-order chi connectivity index (χ1) is 10.7. The Labute approximate surface area is 137 Å². The molecule has 0 bridgehead atoms. The molecule has 0 atom stereocenters. The van der Waals surface area contributed by atoms with Gasteiger partial charge in [0.15, 0.2) is 6.29 Å². The maximum atomic E-state index is 11.7. The summed E-state index contributed by atoms with van der Waals surface area (Å²) < 4.78 is 12.4. The minimum atomic E-state index is 0.257. The molecule has 1 aliphatic rings. The summed E-state index contributed by atoms with van der Waals surface area (Å²) in [5.41, 5.74) is 1.98. The van der Waals surface area contributed by atoms with Crippen LogP contribution in [0.15, 0.2) is 65.3 Å². The van der Waals surface area contributed by atoms with Crippen LogP contribution in [-0.4, -0.2) is 12.9 Å². The number of benzene rings is 2. The van der Waals surface area contributed by atoms with E-state index in [1.807, 2.05) is 48.5 Å². The van der Waals surface area contributed by atoms with Gasteiger partial charge in [0.25, 0.3) is 0 Å². The lowest BCUT2D eigenvalue weighted by Gasteiger charge is -2.12. The van der Waals surface area contributed by atoms with Crippen LogP contribution < -0.4 is 4.74 Å². The Hall–Kier alpha value is -2.33. The van der Waals surface area contributed by atoms with Gasteiger partial charge in [0.05, 0.1) is 11.1 Å².